The largest absolute Gasteiger partial charge is 3.00 e. The fourth-order valence-corrected chi connectivity index (χ4v) is 1.33. The van der Waals surface area contributed by atoms with E-state index in [9.17, 15) is 0 Å². The van der Waals surface area contributed by atoms with Gasteiger partial charge in [0.05, 0.1) is 0 Å². The Hall–Kier alpha value is 1.10. The van der Waals surface area contributed by atoms with Crippen molar-refractivity contribution < 1.29 is 32.7 Å². The van der Waals surface area contributed by atoms with Gasteiger partial charge in [-0.15, -0.1) is 0 Å². The Morgan fingerprint density at radius 3 is 1.89 bits per heavy atom. The van der Waals surface area contributed by atoms with Crippen molar-refractivity contribution in [3.63, 3.8) is 0 Å². The molecule has 0 unspecified atom stereocenters. The SMILES string of the molecule is [CH2-]C1CCC(C)CC1.[Y+3]. The molecular weight excluding hydrogens is 185 g/mol. The Balaban J connectivity index is 0.000000640. The predicted molar refractivity (Wildman–Crippen MR) is 36.5 cm³/mol. The molecule has 1 fully saturated rings. The monoisotopic (exact) mass is 200 g/mol. The Labute approximate surface area is 83.7 Å². The van der Waals surface area contributed by atoms with Crippen LogP contribution in [0.3, 0.4) is 0 Å². The van der Waals surface area contributed by atoms with Crippen molar-refractivity contribution in [3.05, 3.63) is 6.92 Å². The van der Waals surface area contributed by atoms with E-state index in [2.05, 4.69) is 13.8 Å². The molecule has 0 aromatic heterocycles. The van der Waals surface area contributed by atoms with Gasteiger partial charge < -0.3 is 6.92 Å². The standard InChI is InChI=1S/C8H15.Y/c1-7-3-5-8(2)6-4-7;/h7-8H,1,3-6H2,2H3;/q-1;+3. The van der Waals surface area contributed by atoms with E-state index in [0.29, 0.717) is 0 Å². The molecule has 0 aromatic rings. The zero-order valence-corrected chi connectivity index (χ0v) is 9.11. The number of hydrogen-bond acceptors (Lipinski definition) is 0. The van der Waals surface area contributed by atoms with Crippen LogP contribution in [0.2, 0.25) is 0 Å². The fraction of sp³-hybridized carbons (Fsp3) is 0.875. The second-order valence-corrected chi connectivity index (χ2v) is 3.13. The Kier molecular flexibility index (Phi) is 5.44. The molecule has 0 saturated heterocycles. The van der Waals surface area contributed by atoms with Crippen LogP contribution < -0.4 is 0 Å². The van der Waals surface area contributed by atoms with Crippen LogP contribution in [0.1, 0.15) is 32.6 Å². The normalized spacial score (nSPS) is 35.3. The van der Waals surface area contributed by atoms with Crippen LogP contribution >= 0.6 is 0 Å². The fourth-order valence-electron chi connectivity index (χ4n) is 1.33. The molecule has 1 aliphatic rings. The van der Waals surface area contributed by atoms with E-state index in [0.717, 1.165) is 11.8 Å². The summed E-state index contributed by atoms with van der Waals surface area (Å²) in [5, 5.41) is 0. The van der Waals surface area contributed by atoms with Gasteiger partial charge in [-0.3, -0.25) is 0 Å². The molecule has 0 spiro atoms. The second kappa shape index (κ2) is 4.85. The van der Waals surface area contributed by atoms with E-state index in [1.807, 2.05) is 0 Å². The smallest absolute Gasteiger partial charge is 0.340 e. The van der Waals surface area contributed by atoms with Gasteiger partial charge in [0, 0.05) is 0 Å². The van der Waals surface area contributed by atoms with Gasteiger partial charge in [0.2, 0.25) is 0 Å². The van der Waals surface area contributed by atoms with Gasteiger partial charge in [-0.2, -0.15) is 5.92 Å². The molecule has 0 nitrogen and oxygen atoms in total. The molecule has 0 aromatic carbocycles. The van der Waals surface area contributed by atoms with Crippen LogP contribution in [0.4, 0.5) is 0 Å². The molecule has 0 heterocycles. The van der Waals surface area contributed by atoms with Crippen LogP contribution in [-0.2, 0) is 32.7 Å². The van der Waals surface area contributed by atoms with Gasteiger partial charge in [0.1, 0.15) is 0 Å². The molecular formula is C8H15Y+2. The van der Waals surface area contributed by atoms with E-state index in [-0.39, 0.29) is 32.7 Å². The van der Waals surface area contributed by atoms with Gasteiger partial charge in [0.15, 0.2) is 0 Å². The minimum absolute atomic E-state index is 0. The van der Waals surface area contributed by atoms with Crippen molar-refractivity contribution >= 4 is 0 Å². The van der Waals surface area contributed by atoms with Crippen molar-refractivity contribution in [1.29, 1.82) is 0 Å². The molecule has 0 atom stereocenters. The van der Waals surface area contributed by atoms with Crippen LogP contribution in [0.15, 0.2) is 0 Å². The summed E-state index contributed by atoms with van der Waals surface area (Å²) >= 11 is 0. The van der Waals surface area contributed by atoms with Crippen molar-refractivity contribution in [2.24, 2.45) is 11.8 Å². The third-order valence-electron chi connectivity index (χ3n) is 2.14. The summed E-state index contributed by atoms with van der Waals surface area (Å²) in [4.78, 5) is 0. The van der Waals surface area contributed by atoms with Crippen molar-refractivity contribution in [1.82, 2.24) is 0 Å². The van der Waals surface area contributed by atoms with Crippen LogP contribution in [-0.4, -0.2) is 0 Å². The first-order valence-corrected chi connectivity index (χ1v) is 3.62. The molecule has 1 saturated carbocycles. The summed E-state index contributed by atoms with van der Waals surface area (Å²) in [5.74, 6) is 1.75. The van der Waals surface area contributed by atoms with Gasteiger partial charge in [-0.05, 0) is 5.92 Å². The van der Waals surface area contributed by atoms with E-state index in [1.54, 1.807) is 0 Å². The van der Waals surface area contributed by atoms with Crippen molar-refractivity contribution in [2.45, 2.75) is 32.6 Å². The Bertz CT molecular complexity index is 53.0. The van der Waals surface area contributed by atoms with Crippen LogP contribution in [0, 0.1) is 18.8 Å². The summed E-state index contributed by atoms with van der Waals surface area (Å²) in [6.07, 6.45) is 5.55. The quantitative estimate of drug-likeness (QED) is 0.527. The third-order valence-corrected chi connectivity index (χ3v) is 2.14. The predicted octanol–water partition coefficient (Wildman–Crippen LogP) is 2.64. The van der Waals surface area contributed by atoms with E-state index in [1.165, 1.54) is 25.7 Å². The summed E-state index contributed by atoms with van der Waals surface area (Å²) < 4.78 is 0. The number of rotatable bonds is 0. The van der Waals surface area contributed by atoms with E-state index >= 15 is 0 Å². The van der Waals surface area contributed by atoms with Gasteiger partial charge >= 0.3 is 32.7 Å². The van der Waals surface area contributed by atoms with E-state index in [4.69, 9.17) is 0 Å². The van der Waals surface area contributed by atoms with Crippen molar-refractivity contribution in [2.75, 3.05) is 0 Å². The first kappa shape index (κ1) is 10.1. The summed E-state index contributed by atoms with van der Waals surface area (Å²) in [6, 6.07) is 0. The maximum atomic E-state index is 4.03. The maximum Gasteiger partial charge on any atom is 3.00 e. The average molecular weight is 200 g/mol. The molecule has 0 radical (unpaired) electrons. The molecule has 0 amide bonds. The van der Waals surface area contributed by atoms with Gasteiger partial charge in [-0.1, -0.05) is 32.6 Å². The Morgan fingerprint density at radius 1 is 1.11 bits per heavy atom. The minimum atomic E-state index is 0. The van der Waals surface area contributed by atoms with Crippen LogP contribution in [0.25, 0.3) is 0 Å². The summed E-state index contributed by atoms with van der Waals surface area (Å²) in [7, 11) is 0. The molecule has 9 heavy (non-hydrogen) atoms. The molecule has 0 N–H and O–H groups in total. The van der Waals surface area contributed by atoms with E-state index < -0.39 is 0 Å². The first-order chi connectivity index (χ1) is 3.79. The Morgan fingerprint density at radius 2 is 1.56 bits per heavy atom. The molecule has 0 bridgehead atoms. The summed E-state index contributed by atoms with van der Waals surface area (Å²) in [5.41, 5.74) is 0. The van der Waals surface area contributed by atoms with Crippen molar-refractivity contribution in [3.8, 4) is 0 Å². The average Bonchev–Trinajstić information content (AvgIpc) is 1.77. The zero-order chi connectivity index (χ0) is 5.98. The molecule has 1 heteroatoms. The first-order valence-electron chi connectivity index (χ1n) is 3.62. The van der Waals surface area contributed by atoms with Gasteiger partial charge in [0.25, 0.3) is 0 Å². The topological polar surface area (TPSA) is 0 Å². The third kappa shape index (κ3) is 3.73. The number of hydrogen-bond donors (Lipinski definition) is 0. The van der Waals surface area contributed by atoms with Crippen LogP contribution in [0.5, 0.6) is 0 Å². The second-order valence-electron chi connectivity index (χ2n) is 3.13. The molecule has 0 aliphatic heterocycles. The summed E-state index contributed by atoms with van der Waals surface area (Å²) in [6.45, 7) is 6.37. The maximum absolute atomic E-state index is 4.03. The molecule has 1 rings (SSSR count). The molecule has 48 valence electrons. The minimum Gasteiger partial charge on any atom is -0.340 e. The zero-order valence-electron chi connectivity index (χ0n) is 6.27. The van der Waals surface area contributed by atoms with Gasteiger partial charge in [-0.25, -0.2) is 0 Å². The molecule has 1 aliphatic carbocycles.